The molecule has 1 amide bonds. The normalized spacial score (nSPS) is 10.7. The number of H-pyrrole nitrogens is 2. The second-order valence-corrected chi connectivity index (χ2v) is 4.00. The maximum Gasteiger partial charge on any atom is 0.264 e. The number of ether oxygens (including phenoxy) is 1. The SMILES string of the molecule is COc1ccccc1C=NNC(=O)Cc1cc(=O)[nH][nH]1. The third-order valence-electron chi connectivity index (χ3n) is 2.53. The Kier molecular flexibility index (Phi) is 4.33. The summed E-state index contributed by atoms with van der Waals surface area (Å²) in [5.74, 6) is 0.340. The van der Waals surface area contributed by atoms with Crippen molar-refractivity contribution in [3.63, 3.8) is 0 Å². The zero-order chi connectivity index (χ0) is 14.4. The number of hydrazone groups is 1. The first kappa shape index (κ1) is 13.6. The van der Waals surface area contributed by atoms with Crippen LogP contribution >= 0.6 is 0 Å². The summed E-state index contributed by atoms with van der Waals surface area (Å²) in [5, 5.41) is 8.79. The molecule has 0 saturated carbocycles. The van der Waals surface area contributed by atoms with Crippen LogP contribution in [0.5, 0.6) is 5.75 Å². The average Bonchev–Trinajstić information content (AvgIpc) is 2.84. The van der Waals surface area contributed by atoms with Crippen molar-refractivity contribution in [1.82, 2.24) is 15.6 Å². The summed E-state index contributed by atoms with van der Waals surface area (Å²) < 4.78 is 5.15. The van der Waals surface area contributed by atoms with Crippen LogP contribution in [0.15, 0.2) is 40.2 Å². The van der Waals surface area contributed by atoms with Crippen molar-refractivity contribution in [2.75, 3.05) is 7.11 Å². The predicted molar refractivity (Wildman–Crippen MR) is 73.8 cm³/mol. The Hall–Kier alpha value is -2.83. The highest BCUT2D eigenvalue weighted by atomic mass is 16.5. The fraction of sp³-hybridized carbons (Fsp3) is 0.154. The van der Waals surface area contributed by atoms with Crippen LogP contribution in [0.1, 0.15) is 11.3 Å². The van der Waals surface area contributed by atoms with E-state index in [1.165, 1.54) is 12.3 Å². The highest BCUT2D eigenvalue weighted by molar-refractivity contribution is 5.85. The molecule has 0 radical (unpaired) electrons. The van der Waals surface area contributed by atoms with Gasteiger partial charge in [0.15, 0.2) is 0 Å². The Morgan fingerprint density at radius 1 is 1.40 bits per heavy atom. The summed E-state index contributed by atoms with van der Waals surface area (Å²) in [6, 6.07) is 8.63. The van der Waals surface area contributed by atoms with Crippen molar-refractivity contribution in [3.05, 3.63) is 51.9 Å². The molecule has 3 N–H and O–H groups in total. The number of nitrogens with one attached hydrogen (secondary N) is 3. The lowest BCUT2D eigenvalue weighted by Crippen LogP contribution is -2.20. The van der Waals surface area contributed by atoms with E-state index >= 15 is 0 Å². The van der Waals surface area contributed by atoms with Crippen molar-refractivity contribution in [2.24, 2.45) is 5.10 Å². The van der Waals surface area contributed by atoms with Crippen molar-refractivity contribution in [1.29, 1.82) is 0 Å². The fourth-order valence-electron chi connectivity index (χ4n) is 1.63. The standard InChI is InChI=1S/C13H14N4O3/c1-20-11-5-3-2-4-9(11)8-14-16-12(18)6-10-7-13(19)17-15-10/h2-5,7-8H,6H2,1H3,(H,16,18)(H2,15,17,19). The largest absolute Gasteiger partial charge is 0.496 e. The zero-order valence-electron chi connectivity index (χ0n) is 10.8. The van der Waals surface area contributed by atoms with Crippen LogP contribution in [0.25, 0.3) is 0 Å². The number of carbonyl (C=O) groups is 1. The quantitative estimate of drug-likeness (QED) is 0.543. The van der Waals surface area contributed by atoms with Crippen LogP contribution < -0.4 is 15.7 Å². The fourth-order valence-corrected chi connectivity index (χ4v) is 1.63. The zero-order valence-corrected chi connectivity index (χ0v) is 10.8. The average molecular weight is 274 g/mol. The second-order valence-electron chi connectivity index (χ2n) is 4.00. The highest BCUT2D eigenvalue weighted by Crippen LogP contribution is 2.14. The third-order valence-corrected chi connectivity index (χ3v) is 2.53. The van der Waals surface area contributed by atoms with Crippen LogP contribution in [-0.2, 0) is 11.2 Å². The molecule has 0 aliphatic heterocycles. The maximum absolute atomic E-state index is 11.6. The molecule has 2 rings (SSSR count). The number of methoxy groups -OCH3 is 1. The second kappa shape index (κ2) is 6.37. The first-order valence-corrected chi connectivity index (χ1v) is 5.90. The van der Waals surface area contributed by atoms with E-state index < -0.39 is 0 Å². The van der Waals surface area contributed by atoms with E-state index in [9.17, 15) is 9.59 Å². The number of para-hydroxylation sites is 1. The Morgan fingerprint density at radius 3 is 2.90 bits per heavy atom. The smallest absolute Gasteiger partial charge is 0.264 e. The lowest BCUT2D eigenvalue weighted by atomic mass is 10.2. The van der Waals surface area contributed by atoms with Gasteiger partial charge in [-0.1, -0.05) is 12.1 Å². The topological polar surface area (TPSA) is 99.3 Å². The minimum Gasteiger partial charge on any atom is -0.496 e. The van der Waals surface area contributed by atoms with Gasteiger partial charge >= 0.3 is 0 Å². The Balaban J connectivity index is 1.92. The minimum atomic E-state index is -0.327. The number of aromatic amines is 2. The first-order chi connectivity index (χ1) is 9.69. The van der Waals surface area contributed by atoms with Gasteiger partial charge in [-0.3, -0.25) is 14.7 Å². The molecule has 0 aliphatic rings. The summed E-state index contributed by atoms with van der Waals surface area (Å²) in [5.41, 5.74) is 3.36. The number of carbonyl (C=O) groups excluding carboxylic acids is 1. The Bertz CT molecular complexity index is 672. The number of hydrogen-bond acceptors (Lipinski definition) is 4. The van der Waals surface area contributed by atoms with Crippen LogP contribution in [0.3, 0.4) is 0 Å². The monoisotopic (exact) mass is 274 g/mol. The molecule has 0 aliphatic carbocycles. The Labute approximate surface area is 114 Å². The Morgan fingerprint density at radius 2 is 2.20 bits per heavy atom. The van der Waals surface area contributed by atoms with Gasteiger partial charge in [0.2, 0.25) is 5.91 Å². The molecule has 0 spiro atoms. The minimum absolute atomic E-state index is 0.0437. The molecule has 0 bridgehead atoms. The molecular formula is C13H14N4O3. The molecule has 1 aromatic heterocycles. The molecule has 0 fully saturated rings. The van der Waals surface area contributed by atoms with Gasteiger partial charge in [-0.15, -0.1) is 0 Å². The van der Waals surface area contributed by atoms with Crippen LogP contribution in [0, 0.1) is 0 Å². The van der Waals surface area contributed by atoms with Gasteiger partial charge < -0.3 is 9.84 Å². The number of amides is 1. The molecule has 0 unspecified atom stereocenters. The van der Waals surface area contributed by atoms with Gasteiger partial charge in [0.1, 0.15) is 5.75 Å². The molecule has 104 valence electrons. The molecule has 7 nitrogen and oxygen atoms in total. The number of benzene rings is 1. The van der Waals surface area contributed by atoms with E-state index in [1.54, 1.807) is 13.2 Å². The van der Waals surface area contributed by atoms with E-state index in [0.717, 1.165) is 5.56 Å². The van der Waals surface area contributed by atoms with Crippen molar-refractivity contribution in [2.45, 2.75) is 6.42 Å². The van der Waals surface area contributed by atoms with Crippen LogP contribution in [0.2, 0.25) is 0 Å². The van der Waals surface area contributed by atoms with Gasteiger partial charge in [-0.2, -0.15) is 5.10 Å². The number of hydrogen-bond donors (Lipinski definition) is 3. The summed E-state index contributed by atoms with van der Waals surface area (Å²) in [7, 11) is 1.56. The van der Waals surface area contributed by atoms with Crippen LogP contribution in [-0.4, -0.2) is 29.4 Å². The molecule has 0 saturated heterocycles. The van der Waals surface area contributed by atoms with Gasteiger partial charge in [-0.25, -0.2) is 5.43 Å². The lowest BCUT2D eigenvalue weighted by molar-refractivity contribution is -0.120. The van der Waals surface area contributed by atoms with E-state index in [0.29, 0.717) is 11.4 Å². The summed E-state index contributed by atoms with van der Waals surface area (Å²) >= 11 is 0. The van der Waals surface area contributed by atoms with Gasteiger partial charge in [0.05, 0.1) is 19.7 Å². The van der Waals surface area contributed by atoms with E-state index in [1.807, 2.05) is 18.2 Å². The molecular weight excluding hydrogens is 260 g/mol. The molecule has 0 atom stereocenters. The molecule has 20 heavy (non-hydrogen) atoms. The van der Waals surface area contributed by atoms with E-state index in [-0.39, 0.29) is 17.9 Å². The molecule has 7 heteroatoms. The molecule has 1 aromatic carbocycles. The number of nitrogens with zero attached hydrogens (tertiary/aromatic N) is 1. The summed E-state index contributed by atoms with van der Waals surface area (Å²) in [4.78, 5) is 22.5. The number of rotatable bonds is 5. The number of aromatic nitrogens is 2. The van der Waals surface area contributed by atoms with Crippen LogP contribution in [0.4, 0.5) is 0 Å². The molecule has 2 aromatic rings. The first-order valence-electron chi connectivity index (χ1n) is 5.90. The van der Waals surface area contributed by atoms with Crippen molar-refractivity contribution >= 4 is 12.1 Å². The molecule has 1 heterocycles. The van der Waals surface area contributed by atoms with Gasteiger partial charge in [0, 0.05) is 17.3 Å². The van der Waals surface area contributed by atoms with E-state index in [4.69, 9.17) is 4.74 Å². The van der Waals surface area contributed by atoms with Gasteiger partial charge in [-0.05, 0) is 12.1 Å². The third kappa shape index (κ3) is 3.58. The van der Waals surface area contributed by atoms with E-state index in [2.05, 4.69) is 20.7 Å². The lowest BCUT2D eigenvalue weighted by Gasteiger charge is -2.03. The maximum atomic E-state index is 11.6. The van der Waals surface area contributed by atoms with Crippen molar-refractivity contribution in [3.8, 4) is 5.75 Å². The van der Waals surface area contributed by atoms with Crippen molar-refractivity contribution < 1.29 is 9.53 Å². The highest BCUT2D eigenvalue weighted by Gasteiger charge is 2.04. The predicted octanol–water partition coefficient (Wildman–Crippen LogP) is 0.404. The summed E-state index contributed by atoms with van der Waals surface area (Å²) in [6.07, 6.45) is 1.54. The summed E-state index contributed by atoms with van der Waals surface area (Å²) in [6.45, 7) is 0. The van der Waals surface area contributed by atoms with Gasteiger partial charge in [0.25, 0.3) is 5.56 Å².